The van der Waals surface area contributed by atoms with E-state index in [4.69, 9.17) is 9.47 Å². The van der Waals surface area contributed by atoms with Gasteiger partial charge in [-0.1, -0.05) is 0 Å². The molecule has 3 rings (SSSR count). The largest absolute Gasteiger partial charge is 0.462 e. The van der Waals surface area contributed by atoms with Gasteiger partial charge in [-0.15, -0.1) is 0 Å². The predicted molar refractivity (Wildman–Crippen MR) is 98.4 cm³/mol. The molecule has 0 bridgehead atoms. The Morgan fingerprint density at radius 3 is 2.44 bits per heavy atom. The molecule has 27 heavy (non-hydrogen) atoms. The molecule has 3 aromatic rings. The van der Waals surface area contributed by atoms with Gasteiger partial charge in [0.25, 0.3) is 0 Å². The first-order valence-corrected chi connectivity index (χ1v) is 8.73. The minimum atomic E-state index is -0.517. The van der Waals surface area contributed by atoms with Crippen molar-refractivity contribution in [3.8, 4) is 5.69 Å². The minimum Gasteiger partial charge on any atom is -0.462 e. The third-order valence-electron chi connectivity index (χ3n) is 4.00. The Hall–Kier alpha value is -3.09. The first kappa shape index (κ1) is 18.7. The van der Waals surface area contributed by atoms with Crippen LogP contribution in [0.3, 0.4) is 0 Å². The monoisotopic (exact) mass is 372 g/mol. The molecule has 0 aliphatic carbocycles. The quantitative estimate of drug-likeness (QED) is 0.619. The van der Waals surface area contributed by atoms with Crippen LogP contribution in [0.15, 0.2) is 42.6 Å². The fourth-order valence-electron chi connectivity index (χ4n) is 2.94. The van der Waals surface area contributed by atoms with Crippen molar-refractivity contribution in [1.29, 1.82) is 0 Å². The molecule has 142 valence electrons. The molecule has 6 nitrogen and oxygen atoms in total. The van der Waals surface area contributed by atoms with E-state index in [9.17, 15) is 14.0 Å². The zero-order valence-electron chi connectivity index (χ0n) is 15.4. The maximum absolute atomic E-state index is 13.2. The number of carbonyl (C=O) groups excluding carboxylic acids is 2. The average molecular weight is 372 g/mol. The van der Waals surface area contributed by atoms with E-state index in [2.05, 4.69) is 0 Å². The topological polar surface area (TPSA) is 62.5 Å². The number of benzene rings is 1. The lowest BCUT2D eigenvalue weighted by Crippen LogP contribution is -2.20. The second-order valence-electron chi connectivity index (χ2n) is 6.31. The maximum Gasteiger partial charge on any atom is 0.355 e. The zero-order chi connectivity index (χ0) is 19.6. The highest BCUT2D eigenvalue weighted by Gasteiger charge is 2.22. The van der Waals surface area contributed by atoms with Crippen LogP contribution in [-0.4, -0.2) is 33.8 Å². The molecule has 2 heterocycles. The summed E-state index contributed by atoms with van der Waals surface area (Å²) in [6, 6.07) is 9.48. The average Bonchev–Trinajstić information content (AvgIpc) is 3.16. The van der Waals surface area contributed by atoms with Gasteiger partial charge in [-0.3, -0.25) is 4.79 Å². The van der Waals surface area contributed by atoms with E-state index in [1.54, 1.807) is 55.8 Å². The van der Waals surface area contributed by atoms with Crippen molar-refractivity contribution in [3.05, 3.63) is 54.1 Å². The lowest BCUT2D eigenvalue weighted by atomic mass is 10.3. The van der Waals surface area contributed by atoms with Crippen molar-refractivity contribution in [3.63, 3.8) is 0 Å². The summed E-state index contributed by atoms with van der Waals surface area (Å²) >= 11 is 0. The smallest absolute Gasteiger partial charge is 0.355 e. The van der Waals surface area contributed by atoms with Gasteiger partial charge in [0.05, 0.1) is 23.7 Å². The molecule has 1 aromatic carbocycles. The van der Waals surface area contributed by atoms with Crippen LogP contribution in [0.5, 0.6) is 0 Å². The lowest BCUT2D eigenvalue weighted by Gasteiger charge is -2.11. The third kappa shape index (κ3) is 3.86. The normalized spacial score (nSPS) is 11.1. The minimum absolute atomic E-state index is 0.108. The highest BCUT2D eigenvalue weighted by Crippen LogP contribution is 2.25. The number of fused-ring (bicyclic) bond motifs is 1. The standard InChI is InChI=1S/C20H21FN2O4/c1-4-26-20(25)18-11-17-16(23(18)12-19(24)27-13(2)3)9-10-22(17)15-7-5-14(21)6-8-15/h5-11,13H,4,12H2,1-3H3. The molecule has 0 aliphatic heterocycles. The Morgan fingerprint density at radius 1 is 1.11 bits per heavy atom. The van der Waals surface area contributed by atoms with Crippen molar-refractivity contribution in [1.82, 2.24) is 9.13 Å². The van der Waals surface area contributed by atoms with Gasteiger partial charge < -0.3 is 18.6 Å². The van der Waals surface area contributed by atoms with Gasteiger partial charge in [0, 0.05) is 11.9 Å². The van der Waals surface area contributed by atoms with Crippen molar-refractivity contribution in [2.45, 2.75) is 33.4 Å². The number of hydrogen-bond donors (Lipinski definition) is 0. The van der Waals surface area contributed by atoms with Crippen LogP contribution in [0, 0.1) is 5.82 Å². The number of esters is 2. The van der Waals surface area contributed by atoms with Crippen LogP contribution in [0.1, 0.15) is 31.3 Å². The summed E-state index contributed by atoms with van der Waals surface area (Å²) in [5.74, 6) is -1.29. The van der Waals surface area contributed by atoms with Crippen LogP contribution < -0.4 is 0 Å². The van der Waals surface area contributed by atoms with E-state index in [0.717, 1.165) is 5.69 Å². The lowest BCUT2D eigenvalue weighted by molar-refractivity contribution is -0.148. The van der Waals surface area contributed by atoms with E-state index in [1.807, 2.05) is 4.57 Å². The Bertz CT molecular complexity index is 970. The zero-order valence-corrected chi connectivity index (χ0v) is 15.4. The van der Waals surface area contributed by atoms with Crippen LogP contribution in [0.25, 0.3) is 16.7 Å². The van der Waals surface area contributed by atoms with E-state index in [1.165, 1.54) is 12.1 Å². The fourth-order valence-corrected chi connectivity index (χ4v) is 2.94. The predicted octanol–water partition coefficient (Wildman–Crippen LogP) is 3.70. The van der Waals surface area contributed by atoms with E-state index in [-0.39, 0.29) is 30.8 Å². The molecular formula is C20H21FN2O4. The molecule has 0 saturated carbocycles. The van der Waals surface area contributed by atoms with Gasteiger partial charge in [-0.2, -0.15) is 0 Å². The molecule has 0 amide bonds. The summed E-state index contributed by atoms with van der Waals surface area (Å²) in [4.78, 5) is 24.5. The number of nitrogens with zero attached hydrogens (tertiary/aromatic N) is 2. The fraction of sp³-hybridized carbons (Fsp3) is 0.300. The highest BCUT2D eigenvalue weighted by molar-refractivity contribution is 5.96. The first-order valence-electron chi connectivity index (χ1n) is 8.73. The summed E-state index contributed by atoms with van der Waals surface area (Å²) < 4.78 is 27.0. The molecule has 0 radical (unpaired) electrons. The Kier molecular flexibility index (Phi) is 5.30. The van der Waals surface area contributed by atoms with E-state index >= 15 is 0 Å². The summed E-state index contributed by atoms with van der Waals surface area (Å²) in [5.41, 5.74) is 2.40. The Balaban J connectivity index is 2.08. The second-order valence-corrected chi connectivity index (χ2v) is 6.31. The highest BCUT2D eigenvalue weighted by atomic mass is 19.1. The SMILES string of the molecule is CCOC(=O)c1cc2c(ccn2-c2ccc(F)cc2)n1CC(=O)OC(C)C. The first-order chi connectivity index (χ1) is 12.9. The van der Waals surface area contributed by atoms with Crippen molar-refractivity contribution in [2.75, 3.05) is 6.61 Å². The van der Waals surface area contributed by atoms with Crippen molar-refractivity contribution >= 4 is 23.0 Å². The number of carbonyl (C=O) groups is 2. The van der Waals surface area contributed by atoms with Gasteiger partial charge in [-0.05, 0) is 57.2 Å². The Morgan fingerprint density at radius 2 is 1.81 bits per heavy atom. The maximum atomic E-state index is 13.2. The van der Waals surface area contributed by atoms with Crippen molar-refractivity contribution in [2.24, 2.45) is 0 Å². The van der Waals surface area contributed by atoms with Crippen molar-refractivity contribution < 1.29 is 23.5 Å². The second kappa shape index (κ2) is 7.65. The van der Waals surface area contributed by atoms with E-state index in [0.29, 0.717) is 11.0 Å². The number of hydrogen-bond acceptors (Lipinski definition) is 4. The molecule has 7 heteroatoms. The molecule has 2 aromatic heterocycles. The summed E-state index contributed by atoms with van der Waals surface area (Å²) in [7, 11) is 0. The molecule has 0 fully saturated rings. The number of ether oxygens (including phenoxy) is 2. The number of halogens is 1. The molecule has 0 unspecified atom stereocenters. The molecular weight excluding hydrogens is 351 g/mol. The van der Waals surface area contributed by atoms with Gasteiger partial charge in [0.1, 0.15) is 18.1 Å². The van der Waals surface area contributed by atoms with Gasteiger partial charge in [0.15, 0.2) is 0 Å². The van der Waals surface area contributed by atoms with Gasteiger partial charge >= 0.3 is 11.9 Å². The Labute approximate surface area is 156 Å². The summed E-state index contributed by atoms with van der Waals surface area (Å²) in [5, 5.41) is 0. The van der Waals surface area contributed by atoms with Crippen LogP contribution in [0.2, 0.25) is 0 Å². The molecule has 0 atom stereocenters. The molecule has 0 aliphatic rings. The third-order valence-corrected chi connectivity index (χ3v) is 4.00. The summed E-state index contributed by atoms with van der Waals surface area (Å²) in [6.45, 7) is 5.36. The summed E-state index contributed by atoms with van der Waals surface area (Å²) in [6.07, 6.45) is 1.55. The number of aromatic nitrogens is 2. The molecule has 0 spiro atoms. The van der Waals surface area contributed by atoms with E-state index < -0.39 is 11.9 Å². The van der Waals surface area contributed by atoms with Crippen LogP contribution >= 0.6 is 0 Å². The van der Waals surface area contributed by atoms with Gasteiger partial charge in [0.2, 0.25) is 0 Å². The molecule has 0 saturated heterocycles. The molecule has 0 N–H and O–H groups in total. The van der Waals surface area contributed by atoms with Crippen LogP contribution in [0.4, 0.5) is 4.39 Å². The number of rotatable bonds is 6. The van der Waals surface area contributed by atoms with Crippen LogP contribution in [-0.2, 0) is 20.8 Å². The van der Waals surface area contributed by atoms with Gasteiger partial charge in [-0.25, -0.2) is 9.18 Å².